The van der Waals surface area contributed by atoms with E-state index >= 15 is 0 Å². The number of amides is 1. The molecule has 2 fully saturated rings. The van der Waals surface area contributed by atoms with Crippen molar-refractivity contribution in [2.24, 2.45) is 0 Å². The molecule has 0 radical (unpaired) electrons. The molecule has 27 heavy (non-hydrogen) atoms. The Hall–Kier alpha value is -2.63. The Balaban J connectivity index is 1.42. The van der Waals surface area contributed by atoms with Gasteiger partial charge in [0.25, 0.3) is 5.91 Å². The predicted molar refractivity (Wildman–Crippen MR) is 109 cm³/mol. The molecule has 0 saturated carbocycles. The lowest BCUT2D eigenvalue weighted by atomic mass is 10.2. The Morgan fingerprint density at radius 3 is 2.15 bits per heavy atom. The maximum Gasteiger partial charge on any atom is 0.274 e. The van der Waals surface area contributed by atoms with Gasteiger partial charge in [-0.15, -0.1) is 0 Å². The largest absolute Gasteiger partial charge is 0.372 e. The summed E-state index contributed by atoms with van der Waals surface area (Å²) in [6.45, 7) is 4.23. The highest BCUT2D eigenvalue weighted by Gasteiger charge is 2.16. The van der Waals surface area contributed by atoms with Crippen molar-refractivity contribution in [3.63, 3.8) is 0 Å². The minimum absolute atomic E-state index is 0.192. The molecule has 2 aliphatic heterocycles. The molecule has 6 nitrogen and oxygen atoms in total. The van der Waals surface area contributed by atoms with Crippen LogP contribution >= 0.6 is 0 Å². The average Bonchev–Trinajstić information content (AvgIpc) is 3.11. The van der Waals surface area contributed by atoms with Crippen molar-refractivity contribution in [2.45, 2.75) is 38.5 Å². The first-order valence-electron chi connectivity index (χ1n) is 10.0. The van der Waals surface area contributed by atoms with Crippen LogP contribution in [-0.2, 0) is 0 Å². The fourth-order valence-corrected chi connectivity index (χ4v) is 3.87. The molecule has 3 heterocycles. The molecule has 142 valence electrons. The van der Waals surface area contributed by atoms with Gasteiger partial charge < -0.3 is 15.1 Å². The summed E-state index contributed by atoms with van der Waals surface area (Å²) < 4.78 is 0. The van der Waals surface area contributed by atoms with Gasteiger partial charge in [0.2, 0.25) is 0 Å². The molecule has 0 unspecified atom stereocenters. The highest BCUT2D eigenvalue weighted by molar-refractivity contribution is 6.03. The van der Waals surface area contributed by atoms with Crippen LogP contribution < -0.4 is 15.1 Å². The van der Waals surface area contributed by atoms with E-state index in [1.807, 2.05) is 12.1 Å². The van der Waals surface area contributed by atoms with Gasteiger partial charge in [-0.05, 0) is 49.9 Å². The second kappa shape index (κ2) is 8.37. The number of rotatable bonds is 4. The van der Waals surface area contributed by atoms with Crippen LogP contribution in [0.1, 0.15) is 49.0 Å². The van der Waals surface area contributed by atoms with Crippen LogP contribution in [0.25, 0.3) is 0 Å². The molecule has 0 atom stereocenters. The van der Waals surface area contributed by atoms with Crippen molar-refractivity contribution in [1.29, 1.82) is 0 Å². The molecule has 1 amide bonds. The fourth-order valence-electron chi connectivity index (χ4n) is 3.87. The monoisotopic (exact) mass is 365 g/mol. The minimum atomic E-state index is -0.192. The average molecular weight is 365 g/mol. The van der Waals surface area contributed by atoms with Gasteiger partial charge in [-0.1, -0.05) is 12.8 Å². The number of carbonyl (C=O) groups excluding carboxylic acids is 1. The lowest BCUT2D eigenvalue weighted by Crippen LogP contribution is -2.25. The lowest BCUT2D eigenvalue weighted by Gasteiger charge is -2.21. The van der Waals surface area contributed by atoms with E-state index in [0.717, 1.165) is 37.7 Å². The quantitative estimate of drug-likeness (QED) is 0.895. The molecule has 1 aromatic heterocycles. The summed E-state index contributed by atoms with van der Waals surface area (Å²) in [6, 6.07) is 9.87. The number of nitrogens with one attached hydrogen (secondary N) is 1. The number of carbonyl (C=O) groups is 1. The van der Waals surface area contributed by atoms with Gasteiger partial charge >= 0.3 is 0 Å². The number of hydrogen-bond donors (Lipinski definition) is 1. The maximum atomic E-state index is 12.6. The zero-order valence-corrected chi connectivity index (χ0v) is 15.7. The summed E-state index contributed by atoms with van der Waals surface area (Å²) in [6.07, 6.45) is 8.89. The molecule has 1 N–H and O–H groups in total. The van der Waals surface area contributed by atoms with Crippen molar-refractivity contribution in [1.82, 2.24) is 9.97 Å². The SMILES string of the molecule is O=C(Nc1ccc(N2CCCC2)cc1)c1cc(N2CCCCCC2)ncn1. The van der Waals surface area contributed by atoms with Crippen molar-refractivity contribution in [3.05, 3.63) is 42.4 Å². The fraction of sp³-hybridized carbons (Fsp3) is 0.476. The van der Waals surface area contributed by atoms with Crippen LogP contribution in [0, 0.1) is 0 Å². The molecule has 2 aromatic rings. The molecule has 2 aliphatic rings. The first kappa shape index (κ1) is 17.8. The van der Waals surface area contributed by atoms with Gasteiger partial charge in [0.1, 0.15) is 17.8 Å². The number of aromatic nitrogens is 2. The van der Waals surface area contributed by atoms with Crippen LogP contribution in [0.5, 0.6) is 0 Å². The van der Waals surface area contributed by atoms with Crippen molar-refractivity contribution in [3.8, 4) is 0 Å². The summed E-state index contributed by atoms with van der Waals surface area (Å²) in [5.41, 5.74) is 2.42. The summed E-state index contributed by atoms with van der Waals surface area (Å²) in [4.78, 5) is 25.8. The third kappa shape index (κ3) is 4.38. The maximum absolute atomic E-state index is 12.6. The standard InChI is InChI=1S/C21H27N5O/c27-21(24-17-7-9-18(10-8-17)25-11-5-6-12-25)19-15-20(23-16-22-19)26-13-3-1-2-4-14-26/h7-10,15-16H,1-6,11-14H2,(H,24,27). The Labute approximate surface area is 160 Å². The van der Waals surface area contributed by atoms with E-state index in [0.29, 0.717) is 5.69 Å². The zero-order chi connectivity index (χ0) is 18.5. The van der Waals surface area contributed by atoms with E-state index in [1.54, 1.807) is 6.07 Å². The van der Waals surface area contributed by atoms with E-state index in [1.165, 1.54) is 50.5 Å². The molecule has 0 aliphatic carbocycles. The molecular weight excluding hydrogens is 338 g/mol. The number of benzene rings is 1. The van der Waals surface area contributed by atoms with Crippen molar-refractivity contribution >= 4 is 23.1 Å². The van der Waals surface area contributed by atoms with E-state index in [4.69, 9.17) is 0 Å². The minimum Gasteiger partial charge on any atom is -0.372 e. The van der Waals surface area contributed by atoms with Crippen LogP contribution in [-0.4, -0.2) is 42.1 Å². The lowest BCUT2D eigenvalue weighted by molar-refractivity contribution is 0.102. The van der Waals surface area contributed by atoms with Crippen LogP contribution in [0.15, 0.2) is 36.7 Å². The van der Waals surface area contributed by atoms with E-state index in [2.05, 4.69) is 37.2 Å². The summed E-state index contributed by atoms with van der Waals surface area (Å²) in [5.74, 6) is 0.656. The van der Waals surface area contributed by atoms with Crippen molar-refractivity contribution < 1.29 is 4.79 Å². The van der Waals surface area contributed by atoms with Gasteiger partial charge in [-0.3, -0.25) is 4.79 Å². The Kier molecular flexibility index (Phi) is 5.51. The van der Waals surface area contributed by atoms with Gasteiger partial charge in [-0.25, -0.2) is 9.97 Å². The van der Waals surface area contributed by atoms with Gasteiger partial charge in [0.15, 0.2) is 0 Å². The van der Waals surface area contributed by atoms with Crippen molar-refractivity contribution in [2.75, 3.05) is 41.3 Å². The van der Waals surface area contributed by atoms with Crippen LogP contribution in [0.3, 0.4) is 0 Å². The van der Waals surface area contributed by atoms with Gasteiger partial charge in [0.05, 0.1) is 0 Å². The Bertz CT molecular complexity index is 762. The van der Waals surface area contributed by atoms with Gasteiger partial charge in [-0.2, -0.15) is 0 Å². The molecule has 0 bridgehead atoms. The van der Waals surface area contributed by atoms with Gasteiger partial charge in [0, 0.05) is 43.6 Å². The Morgan fingerprint density at radius 2 is 1.44 bits per heavy atom. The molecule has 1 aromatic carbocycles. The van der Waals surface area contributed by atoms with E-state index < -0.39 is 0 Å². The first-order chi connectivity index (χ1) is 13.3. The molecule has 4 rings (SSSR count). The van der Waals surface area contributed by atoms with E-state index in [9.17, 15) is 4.79 Å². The molecular formula is C21H27N5O. The molecule has 2 saturated heterocycles. The number of nitrogens with zero attached hydrogens (tertiary/aromatic N) is 4. The summed E-state index contributed by atoms with van der Waals surface area (Å²) >= 11 is 0. The highest BCUT2D eigenvalue weighted by atomic mass is 16.1. The summed E-state index contributed by atoms with van der Waals surface area (Å²) in [7, 11) is 0. The first-order valence-corrected chi connectivity index (χ1v) is 10.0. The normalized spacial score (nSPS) is 17.6. The molecule has 6 heteroatoms. The second-order valence-electron chi connectivity index (χ2n) is 7.36. The third-order valence-corrected chi connectivity index (χ3v) is 5.41. The topological polar surface area (TPSA) is 61.4 Å². The third-order valence-electron chi connectivity index (χ3n) is 5.41. The van der Waals surface area contributed by atoms with E-state index in [-0.39, 0.29) is 5.91 Å². The Morgan fingerprint density at radius 1 is 0.815 bits per heavy atom. The van der Waals surface area contributed by atoms with Crippen LogP contribution in [0.4, 0.5) is 17.2 Å². The predicted octanol–water partition coefficient (Wildman–Crippen LogP) is 3.71. The smallest absolute Gasteiger partial charge is 0.274 e. The number of anilines is 3. The summed E-state index contributed by atoms with van der Waals surface area (Å²) in [5, 5.41) is 2.95. The zero-order valence-electron chi connectivity index (χ0n) is 15.7. The highest BCUT2D eigenvalue weighted by Crippen LogP contribution is 2.23. The second-order valence-corrected chi connectivity index (χ2v) is 7.36. The number of hydrogen-bond acceptors (Lipinski definition) is 5. The molecule has 0 spiro atoms. The van der Waals surface area contributed by atoms with Crippen LogP contribution in [0.2, 0.25) is 0 Å².